The summed E-state index contributed by atoms with van der Waals surface area (Å²) >= 11 is 5.87. The van der Waals surface area contributed by atoms with Crippen LogP contribution in [0.5, 0.6) is 0 Å². The quantitative estimate of drug-likeness (QED) is 0.539. The predicted octanol–water partition coefficient (Wildman–Crippen LogP) is 3.22. The molecule has 5 atom stereocenters. The molecule has 0 fully saturated rings. The molecule has 1 heterocycles. The molecule has 3 N–H and O–H groups in total. The summed E-state index contributed by atoms with van der Waals surface area (Å²) < 4.78 is 38.0. The summed E-state index contributed by atoms with van der Waals surface area (Å²) in [5.41, 5.74) is 1.73. The lowest BCUT2D eigenvalue weighted by atomic mass is 9.80. The van der Waals surface area contributed by atoms with Crippen molar-refractivity contribution in [3.63, 3.8) is 0 Å². The maximum Gasteiger partial charge on any atom is 0.412 e. The minimum Gasteiger partial charge on any atom is -0.377 e. The molecule has 130 valence electrons. The van der Waals surface area contributed by atoms with Crippen molar-refractivity contribution < 1.29 is 18.3 Å². The fourth-order valence-electron chi connectivity index (χ4n) is 2.90. The van der Waals surface area contributed by atoms with Crippen LogP contribution in [-0.4, -0.2) is 35.0 Å². The summed E-state index contributed by atoms with van der Waals surface area (Å²) in [6.45, 7) is 3.70. The number of hydrogen-bond donors (Lipinski definition) is 3. The Hall–Kier alpha value is -0.980. The Balaban J connectivity index is 2.05. The van der Waals surface area contributed by atoms with Crippen molar-refractivity contribution in [3.8, 4) is 0 Å². The van der Waals surface area contributed by atoms with Crippen molar-refractivity contribution >= 4 is 11.6 Å². The Morgan fingerprint density at radius 2 is 2.13 bits per heavy atom. The molecular formula is C16H22ClF3N2O. The van der Waals surface area contributed by atoms with Crippen LogP contribution < -0.4 is 10.6 Å². The molecule has 0 aromatic carbocycles. The Bertz CT molecular complexity index is 514. The topological polar surface area (TPSA) is 44.3 Å². The van der Waals surface area contributed by atoms with Crippen LogP contribution in [0.3, 0.4) is 0 Å². The summed E-state index contributed by atoms with van der Waals surface area (Å²) in [4.78, 5) is 0. The summed E-state index contributed by atoms with van der Waals surface area (Å²) in [6, 6.07) is -1.61. The first kappa shape index (κ1) is 18.4. The Morgan fingerprint density at radius 3 is 2.65 bits per heavy atom. The predicted molar refractivity (Wildman–Crippen MR) is 84.9 cm³/mol. The molecule has 1 aliphatic heterocycles. The highest BCUT2D eigenvalue weighted by molar-refractivity contribution is 6.20. The van der Waals surface area contributed by atoms with E-state index in [-0.39, 0.29) is 12.0 Å². The lowest BCUT2D eigenvalue weighted by Gasteiger charge is -2.34. The van der Waals surface area contributed by atoms with Crippen molar-refractivity contribution in [1.82, 2.24) is 10.6 Å². The maximum atomic E-state index is 12.7. The van der Waals surface area contributed by atoms with Crippen molar-refractivity contribution in [2.45, 2.75) is 56.6 Å². The lowest BCUT2D eigenvalue weighted by molar-refractivity contribution is -0.142. The summed E-state index contributed by atoms with van der Waals surface area (Å²) in [5.74, 6) is 0.0638. The second kappa shape index (κ2) is 7.28. The number of nitrogens with one attached hydrogen (secondary N) is 2. The standard InChI is InChI=1S/C16H22ClF3N2O/c1-9-12(4-3-5-13(9)22-15(23)10(2)17)11-6-7-14(21-8-11)16(18,19)20/h4,6-10,13-15,21-23H,3,5H2,1-2H3. The van der Waals surface area contributed by atoms with Gasteiger partial charge in [0.05, 0.1) is 5.38 Å². The number of allylic oxidation sites excluding steroid dienone is 3. The zero-order valence-electron chi connectivity index (χ0n) is 13.1. The van der Waals surface area contributed by atoms with Gasteiger partial charge in [-0.15, -0.1) is 11.6 Å². The normalized spacial score (nSPS) is 31.0. The van der Waals surface area contributed by atoms with Crippen LogP contribution in [0.2, 0.25) is 0 Å². The first-order valence-corrected chi connectivity index (χ1v) is 8.13. The number of rotatable bonds is 4. The third-order valence-electron chi connectivity index (χ3n) is 4.33. The van der Waals surface area contributed by atoms with Gasteiger partial charge < -0.3 is 10.4 Å². The third kappa shape index (κ3) is 4.52. The maximum absolute atomic E-state index is 12.7. The number of alkyl halides is 4. The fraction of sp³-hybridized carbons (Fsp3) is 0.625. The third-order valence-corrected chi connectivity index (χ3v) is 4.57. The van der Waals surface area contributed by atoms with E-state index in [0.29, 0.717) is 0 Å². The summed E-state index contributed by atoms with van der Waals surface area (Å²) in [7, 11) is 0. The van der Waals surface area contributed by atoms with Gasteiger partial charge in [0.1, 0.15) is 12.3 Å². The number of aliphatic hydroxyl groups is 1. The Kier molecular flexibility index (Phi) is 5.81. The number of dihydropyridines is 1. The van der Waals surface area contributed by atoms with Gasteiger partial charge in [-0.25, -0.2) is 0 Å². The van der Waals surface area contributed by atoms with Crippen LogP contribution in [0.4, 0.5) is 13.2 Å². The van der Waals surface area contributed by atoms with E-state index in [4.69, 9.17) is 11.6 Å². The number of hydrogen-bond acceptors (Lipinski definition) is 3. The van der Waals surface area contributed by atoms with Crippen molar-refractivity contribution in [2.75, 3.05) is 0 Å². The molecule has 1 aliphatic carbocycles. The van der Waals surface area contributed by atoms with E-state index in [0.717, 1.165) is 30.1 Å². The van der Waals surface area contributed by atoms with Crippen molar-refractivity contribution in [3.05, 3.63) is 35.6 Å². The average Bonchev–Trinajstić information content (AvgIpc) is 2.48. The second-order valence-electron chi connectivity index (χ2n) is 6.07. The van der Waals surface area contributed by atoms with Gasteiger partial charge >= 0.3 is 6.18 Å². The highest BCUT2D eigenvalue weighted by Gasteiger charge is 2.38. The monoisotopic (exact) mass is 350 g/mol. The van der Waals surface area contributed by atoms with Gasteiger partial charge in [0.25, 0.3) is 0 Å². The molecule has 23 heavy (non-hydrogen) atoms. The summed E-state index contributed by atoms with van der Waals surface area (Å²) in [5, 5.41) is 15.0. The SMILES string of the molecule is CC(Cl)C(O)NC1CCC=C(C2=CNC(C(F)(F)F)C=C2)C1C. The molecule has 0 saturated heterocycles. The van der Waals surface area contributed by atoms with E-state index in [1.54, 1.807) is 6.92 Å². The summed E-state index contributed by atoms with van der Waals surface area (Å²) in [6.07, 6.45) is 2.65. The Labute approximate surface area is 139 Å². The molecule has 0 amide bonds. The zero-order chi connectivity index (χ0) is 17.2. The molecule has 2 rings (SSSR count). The van der Waals surface area contributed by atoms with E-state index in [1.165, 1.54) is 12.3 Å². The highest BCUT2D eigenvalue weighted by Crippen LogP contribution is 2.33. The molecule has 0 spiro atoms. The van der Waals surface area contributed by atoms with Gasteiger partial charge in [-0.2, -0.15) is 13.2 Å². The zero-order valence-corrected chi connectivity index (χ0v) is 13.8. The minimum atomic E-state index is -4.30. The van der Waals surface area contributed by atoms with Crippen LogP contribution in [0, 0.1) is 5.92 Å². The highest BCUT2D eigenvalue weighted by atomic mass is 35.5. The first-order chi connectivity index (χ1) is 10.7. The smallest absolute Gasteiger partial charge is 0.377 e. The average molecular weight is 351 g/mol. The fourth-order valence-corrected chi connectivity index (χ4v) is 2.97. The molecule has 5 unspecified atom stereocenters. The number of halogens is 4. The first-order valence-electron chi connectivity index (χ1n) is 7.70. The minimum absolute atomic E-state index is 0.0286. The molecule has 3 nitrogen and oxygen atoms in total. The molecule has 0 bridgehead atoms. The Morgan fingerprint density at radius 1 is 1.43 bits per heavy atom. The molecule has 7 heteroatoms. The molecule has 0 aromatic rings. The van der Waals surface area contributed by atoms with E-state index in [1.807, 2.05) is 13.0 Å². The van der Waals surface area contributed by atoms with Crippen LogP contribution in [0.15, 0.2) is 35.6 Å². The van der Waals surface area contributed by atoms with Gasteiger partial charge in [0.15, 0.2) is 0 Å². The molecule has 0 aromatic heterocycles. The van der Waals surface area contributed by atoms with Crippen LogP contribution in [0.1, 0.15) is 26.7 Å². The van der Waals surface area contributed by atoms with Crippen molar-refractivity contribution in [2.24, 2.45) is 5.92 Å². The van der Waals surface area contributed by atoms with E-state index < -0.39 is 23.8 Å². The molecular weight excluding hydrogens is 329 g/mol. The molecule has 2 aliphatic rings. The van der Waals surface area contributed by atoms with Gasteiger partial charge in [-0.1, -0.05) is 25.2 Å². The number of aliphatic hydroxyl groups excluding tert-OH is 1. The van der Waals surface area contributed by atoms with Crippen molar-refractivity contribution in [1.29, 1.82) is 0 Å². The van der Waals surface area contributed by atoms with Gasteiger partial charge in [-0.3, -0.25) is 5.32 Å². The van der Waals surface area contributed by atoms with Gasteiger partial charge in [-0.05, 0) is 36.8 Å². The van der Waals surface area contributed by atoms with E-state index >= 15 is 0 Å². The lowest BCUT2D eigenvalue weighted by Crippen LogP contribution is -2.47. The van der Waals surface area contributed by atoms with Crippen LogP contribution >= 0.6 is 11.6 Å². The van der Waals surface area contributed by atoms with Crippen LogP contribution in [-0.2, 0) is 0 Å². The molecule has 0 saturated carbocycles. The largest absolute Gasteiger partial charge is 0.412 e. The second-order valence-corrected chi connectivity index (χ2v) is 6.75. The van der Waals surface area contributed by atoms with E-state index in [9.17, 15) is 18.3 Å². The molecule has 0 radical (unpaired) electrons. The van der Waals surface area contributed by atoms with Gasteiger partial charge in [0.2, 0.25) is 0 Å². The van der Waals surface area contributed by atoms with Crippen LogP contribution in [0.25, 0.3) is 0 Å². The van der Waals surface area contributed by atoms with E-state index in [2.05, 4.69) is 10.6 Å². The van der Waals surface area contributed by atoms with Gasteiger partial charge in [0, 0.05) is 12.2 Å².